The van der Waals surface area contributed by atoms with Gasteiger partial charge < -0.3 is 8.97 Å². The third-order valence-corrected chi connectivity index (χ3v) is 3.76. The molecule has 1 heterocycles. The molecule has 0 N–H and O–H groups in total. The van der Waals surface area contributed by atoms with E-state index in [1.165, 1.54) is 11.8 Å². The van der Waals surface area contributed by atoms with Crippen molar-refractivity contribution in [2.45, 2.75) is 11.8 Å². The van der Waals surface area contributed by atoms with E-state index in [4.69, 9.17) is 4.42 Å². The summed E-state index contributed by atoms with van der Waals surface area (Å²) in [4.78, 5) is 11.5. The predicted octanol–water partition coefficient (Wildman–Crippen LogP) is 3.53. The molecule has 2 aromatic carbocycles. The highest BCUT2D eigenvalue weighted by molar-refractivity contribution is 7.90. The van der Waals surface area contributed by atoms with Crippen molar-refractivity contribution in [1.82, 2.24) is 0 Å². The van der Waals surface area contributed by atoms with Crippen molar-refractivity contribution in [3.63, 3.8) is 0 Å². The minimum absolute atomic E-state index is 0.212. The Bertz CT molecular complexity index is 764. The van der Waals surface area contributed by atoms with Gasteiger partial charge in [0.15, 0.2) is 0 Å². The van der Waals surface area contributed by atoms with Gasteiger partial charge in [-0.3, -0.25) is 0 Å². The van der Waals surface area contributed by atoms with E-state index in [2.05, 4.69) is 19.1 Å². The molecule has 0 radical (unpaired) electrons. The second-order valence-corrected chi connectivity index (χ2v) is 5.89. The maximum absolute atomic E-state index is 11.3. The van der Waals surface area contributed by atoms with E-state index in [-0.39, 0.29) is 4.90 Å². The molecule has 0 saturated carbocycles. The first-order valence-electron chi connectivity index (χ1n) is 6.46. The van der Waals surface area contributed by atoms with Gasteiger partial charge in [-0.1, -0.05) is 54.1 Å². The lowest BCUT2D eigenvalue weighted by Gasteiger charge is -2.02. The molecule has 3 nitrogen and oxygen atoms in total. The van der Waals surface area contributed by atoms with Gasteiger partial charge in [-0.15, -0.1) is 0 Å². The Morgan fingerprint density at radius 2 is 1.62 bits per heavy atom. The molecule has 3 rings (SSSR count). The van der Waals surface area contributed by atoms with Crippen LogP contribution in [0.3, 0.4) is 0 Å². The highest BCUT2D eigenvalue weighted by Gasteiger charge is 2.12. The standard InChI is InChI=1S/C10H8O3S.C7H8/c1-14(12)9-6-7-4-2-3-5-8(7)13-10(9)11;1-7-5-3-2-4-6-7/h2-6H,1H3;2-6H,1H3. The largest absolute Gasteiger partial charge is 0.611 e. The van der Waals surface area contributed by atoms with Gasteiger partial charge in [0.1, 0.15) is 11.8 Å². The second-order valence-electron chi connectivity index (χ2n) is 4.54. The van der Waals surface area contributed by atoms with Crippen molar-refractivity contribution in [3.05, 3.63) is 76.6 Å². The molecule has 0 aliphatic heterocycles. The fraction of sp³-hybridized carbons (Fsp3) is 0.118. The number of fused-ring (bicyclic) bond motifs is 1. The maximum atomic E-state index is 11.3. The van der Waals surface area contributed by atoms with Gasteiger partial charge in [-0.2, -0.15) is 0 Å². The first-order chi connectivity index (χ1) is 10.1. The van der Waals surface area contributed by atoms with Crippen molar-refractivity contribution in [2.75, 3.05) is 6.26 Å². The Labute approximate surface area is 126 Å². The van der Waals surface area contributed by atoms with E-state index in [0.29, 0.717) is 5.58 Å². The van der Waals surface area contributed by atoms with Crippen LogP contribution < -0.4 is 5.63 Å². The van der Waals surface area contributed by atoms with E-state index < -0.39 is 16.8 Å². The molecule has 108 valence electrons. The first kappa shape index (κ1) is 15.4. The molecule has 1 aromatic heterocycles. The number of aryl methyl sites for hydroxylation is 1. The molecule has 0 fully saturated rings. The van der Waals surface area contributed by atoms with Gasteiger partial charge in [0.2, 0.25) is 4.90 Å². The molecule has 3 aromatic rings. The van der Waals surface area contributed by atoms with Crippen LogP contribution >= 0.6 is 0 Å². The summed E-state index contributed by atoms with van der Waals surface area (Å²) in [6.07, 6.45) is 1.46. The van der Waals surface area contributed by atoms with Crippen LogP contribution in [0, 0.1) is 6.92 Å². The summed E-state index contributed by atoms with van der Waals surface area (Å²) in [5, 5.41) is 0.789. The zero-order valence-corrected chi connectivity index (χ0v) is 12.7. The summed E-state index contributed by atoms with van der Waals surface area (Å²) in [7, 11) is 0. The predicted molar refractivity (Wildman–Crippen MR) is 86.0 cm³/mol. The van der Waals surface area contributed by atoms with Crippen LogP contribution in [0.2, 0.25) is 0 Å². The topological polar surface area (TPSA) is 53.3 Å². The SMILES string of the molecule is C[S+]([O-])c1cc2ccccc2oc1=O.Cc1ccccc1. The first-order valence-corrected chi connectivity index (χ1v) is 8.01. The fourth-order valence-electron chi connectivity index (χ4n) is 1.78. The van der Waals surface area contributed by atoms with Crippen molar-refractivity contribution in [2.24, 2.45) is 0 Å². The highest BCUT2D eigenvalue weighted by Crippen LogP contribution is 2.14. The van der Waals surface area contributed by atoms with Crippen molar-refractivity contribution >= 4 is 22.1 Å². The summed E-state index contributed by atoms with van der Waals surface area (Å²) >= 11 is -1.30. The molecule has 0 aliphatic carbocycles. The molecule has 0 saturated heterocycles. The summed E-state index contributed by atoms with van der Waals surface area (Å²) in [5.41, 5.74) is 1.32. The summed E-state index contributed by atoms with van der Waals surface area (Å²) in [6, 6.07) is 19.0. The average Bonchev–Trinajstić information content (AvgIpc) is 2.47. The van der Waals surface area contributed by atoms with E-state index in [1.807, 2.05) is 30.3 Å². The van der Waals surface area contributed by atoms with Crippen LogP contribution in [-0.4, -0.2) is 10.8 Å². The Kier molecular flexibility index (Phi) is 5.20. The number of hydrogen-bond acceptors (Lipinski definition) is 3. The summed E-state index contributed by atoms with van der Waals surface area (Å²) < 4.78 is 16.2. The van der Waals surface area contributed by atoms with Gasteiger partial charge >= 0.3 is 5.63 Å². The van der Waals surface area contributed by atoms with Gasteiger partial charge in [-0.05, 0) is 24.2 Å². The number of benzene rings is 2. The Balaban J connectivity index is 0.000000194. The van der Waals surface area contributed by atoms with Crippen molar-refractivity contribution in [1.29, 1.82) is 0 Å². The molecule has 4 heteroatoms. The van der Waals surface area contributed by atoms with Crippen LogP contribution in [0.15, 0.2) is 74.8 Å². The zero-order chi connectivity index (χ0) is 15.2. The minimum Gasteiger partial charge on any atom is -0.611 e. The maximum Gasteiger partial charge on any atom is 0.392 e. The van der Waals surface area contributed by atoms with Crippen molar-refractivity contribution in [3.8, 4) is 0 Å². The molecule has 0 amide bonds. The molecule has 0 spiro atoms. The molecule has 1 unspecified atom stereocenters. The molecule has 1 atom stereocenters. The molecular formula is C17H16O3S. The number of para-hydroxylation sites is 1. The van der Waals surface area contributed by atoms with Crippen LogP contribution in [0.5, 0.6) is 0 Å². The van der Waals surface area contributed by atoms with Crippen LogP contribution in [0.1, 0.15) is 5.56 Å². The molecule has 0 bridgehead atoms. The normalized spacial score (nSPS) is 11.6. The quantitative estimate of drug-likeness (QED) is 0.510. The monoisotopic (exact) mass is 300 g/mol. The molecular weight excluding hydrogens is 284 g/mol. The highest BCUT2D eigenvalue weighted by atomic mass is 32.2. The Hall–Kier alpha value is -2.04. The van der Waals surface area contributed by atoms with Gasteiger partial charge in [0.25, 0.3) is 0 Å². The third-order valence-electron chi connectivity index (χ3n) is 2.86. The lowest BCUT2D eigenvalue weighted by Crippen LogP contribution is -2.12. The van der Waals surface area contributed by atoms with Gasteiger partial charge in [-0.25, -0.2) is 4.79 Å². The minimum atomic E-state index is -1.30. The van der Waals surface area contributed by atoms with Gasteiger partial charge in [0, 0.05) is 11.5 Å². The molecule has 21 heavy (non-hydrogen) atoms. The van der Waals surface area contributed by atoms with Crippen LogP contribution in [-0.2, 0) is 11.2 Å². The van der Waals surface area contributed by atoms with E-state index in [0.717, 1.165) is 5.39 Å². The molecule has 0 aliphatic rings. The van der Waals surface area contributed by atoms with Crippen LogP contribution in [0.25, 0.3) is 11.0 Å². The lowest BCUT2D eigenvalue weighted by molar-refractivity contribution is 0.533. The van der Waals surface area contributed by atoms with Crippen LogP contribution in [0.4, 0.5) is 0 Å². The zero-order valence-electron chi connectivity index (χ0n) is 11.9. The fourth-order valence-corrected chi connectivity index (χ4v) is 2.35. The Morgan fingerprint density at radius 1 is 1.00 bits per heavy atom. The number of hydrogen-bond donors (Lipinski definition) is 0. The number of rotatable bonds is 1. The van der Waals surface area contributed by atoms with E-state index in [1.54, 1.807) is 18.2 Å². The van der Waals surface area contributed by atoms with E-state index in [9.17, 15) is 9.35 Å². The summed E-state index contributed by atoms with van der Waals surface area (Å²) in [6.45, 7) is 2.08. The smallest absolute Gasteiger partial charge is 0.392 e. The third kappa shape index (κ3) is 4.21. The van der Waals surface area contributed by atoms with Gasteiger partial charge in [0.05, 0.1) is 0 Å². The average molecular weight is 300 g/mol. The van der Waals surface area contributed by atoms with Crippen molar-refractivity contribution < 1.29 is 8.97 Å². The lowest BCUT2D eigenvalue weighted by atomic mass is 10.2. The van der Waals surface area contributed by atoms with E-state index >= 15 is 0 Å². The Morgan fingerprint density at radius 3 is 2.19 bits per heavy atom. The summed E-state index contributed by atoms with van der Waals surface area (Å²) in [5.74, 6) is 0. The second kappa shape index (κ2) is 7.11.